The Kier molecular flexibility index (Phi) is 4.79. The van der Waals surface area contributed by atoms with Crippen molar-refractivity contribution in [1.82, 2.24) is 4.90 Å². The van der Waals surface area contributed by atoms with Crippen LogP contribution in [0.5, 0.6) is 0 Å². The highest BCUT2D eigenvalue weighted by atomic mass is 15.2. The zero-order chi connectivity index (χ0) is 13.0. The van der Waals surface area contributed by atoms with Crippen LogP contribution in [0, 0.1) is 5.92 Å². The van der Waals surface area contributed by atoms with Gasteiger partial charge >= 0.3 is 0 Å². The molecule has 0 radical (unpaired) electrons. The molecule has 1 aliphatic rings. The van der Waals surface area contributed by atoms with Gasteiger partial charge in [0.25, 0.3) is 0 Å². The van der Waals surface area contributed by atoms with Crippen molar-refractivity contribution in [3.63, 3.8) is 0 Å². The van der Waals surface area contributed by atoms with Gasteiger partial charge in [-0.25, -0.2) is 0 Å². The minimum Gasteiger partial charge on any atom is -0.330 e. The van der Waals surface area contributed by atoms with E-state index < -0.39 is 0 Å². The van der Waals surface area contributed by atoms with E-state index in [1.807, 2.05) is 0 Å². The summed E-state index contributed by atoms with van der Waals surface area (Å²) < 4.78 is 0. The Morgan fingerprint density at radius 2 is 2.00 bits per heavy atom. The summed E-state index contributed by atoms with van der Waals surface area (Å²) in [6.45, 7) is 6.54. The van der Waals surface area contributed by atoms with Crippen LogP contribution in [0.1, 0.15) is 44.7 Å². The van der Waals surface area contributed by atoms with E-state index in [2.05, 4.69) is 49.1 Å². The molecule has 3 unspecified atom stereocenters. The highest BCUT2D eigenvalue weighted by Gasteiger charge is 2.32. The standard InChI is InChI=1S/C16H26N2/c1-3-18(16-11-7-10-15(16)12-17)13(2)14-8-5-4-6-9-14/h4-6,8-9,13,15-16H,3,7,10-12,17H2,1-2H3. The fraction of sp³-hybridized carbons (Fsp3) is 0.625. The molecular weight excluding hydrogens is 220 g/mol. The predicted octanol–water partition coefficient (Wildman–Crippen LogP) is 3.20. The van der Waals surface area contributed by atoms with Crippen LogP contribution in [-0.4, -0.2) is 24.0 Å². The molecule has 2 heteroatoms. The molecule has 1 aromatic rings. The Labute approximate surface area is 111 Å². The van der Waals surface area contributed by atoms with E-state index in [1.54, 1.807) is 0 Å². The molecule has 100 valence electrons. The maximum Gasteiger partial charge on any atom is 0.0322 e. The minimum atomic E-state index is 0.494. The maximum atomic E-state index is 5.93. The molecule has 1 aliphatic carbocycles. The fourth-order valence-electron chi connectivity index (χ4n) is 3.45. The molecule has 2 nitrogen and oxygen atoms in total. The first-order chi connectivity index (χ1) is 8.77. The molecular formula is C16H26N2. The number of nitrogens with two attached hydrogens (primary N) is 1. The third-order valence-corrected chi connectivity index (χ3v) is 4.49. The van der Waals surface area contributed by atoms with Crippen molar-refractivity contribution in [1.29, 1.82) is 0 Å². The van der Waals surface area contributed by atoms with E-state index in [1.165, 1.54) is 24.8 Å². The average Bonchev–Trinajstić information content (AvgIpc) is 2.89. The summed E-state index contributed by atoms with van der Waals surface area (Å²) in [4.78, 5) is 2.64. The summed E-state index contributed by atoms with van der Waals surface area (Å²) >= 11 is 0. The summed E-state index contributed by atoms with van der Waals surface area (Å²) in [7, 11) is 0. The van der Waals surface area contributed by atoms with E-state index in [-0.39, 0.29) is 0 Å². The molecule has 0 aromatic heterocycles. The highest BCUT2D eigenvalue weighted by Crippen LogP contribution is 2.34. The van der Waals surface area contributed by atoms with Crippen molar-refractivity contribution in [2.45, 2.75) is 45.2 Å². The number of rotatable bonds is 5. The Bertz CT molecular complexity index is 349. The molecule has 0 aliphatic heterocycles. The molecule has 1 saturated carbocycles. The summed E-state index contributed by atoms with van der Waals surface area (Å²) in [5.74, 6) is 0.691. The molecule has 0 saturated heterocycles. The number of nitrogens with zero attached hydrogens (tertiary/aromatic N) is 1. The summed E-state index contributed by atoms with van der Waals surface area (Å²) in [5.41, 5.74) is 7.35. The van der Waals surface area contributed by atoms with Crippen LogP contribution < -0.4 is 5.73 Å². The zero-order valence-electron chi connectivity index (χ0n) is 11.7. The third-order valence-electron chi connectivity index (χ3n) is 4.49. The molecule has 0 amide bonds. The molecule has 18 heavy (non-hydrogen) atoms. The van der Waals surface area contributed by atoms with Gasteiger partial charge in [0, 0.05) is 12.1 Å². The van der Waals surface area contributed by atoms with Gasteiger partial charge in [0.1, 0.15) is 0 Å². The second-order valence-electron chi connectivity index (χ2n) is 5.41. The zero-order valence-corrected chi connectivity index (χ0v) is 11.7. The molecule has 1 fully saturated rings. The quantitative estimate of drug-likeness (QED) is 0.864. The normalized spacial score (nSPS) is 25.6. The van der Waals surface area contributed by atoms with Crippen molar-refractivity contribution in [3.05, 3.63) is 35.9 Å². The first kappa shape index (κ1) is 13.6. The smallest absolute Gasteiger partial charge is 0.0322 e. The van der Waals surface area contributed by atoms with Crippen LogP contribution in [0.25, 0.3) is 0 Å². The van der Waals surface area contributed by atoms with Gasteiger partial charge in [-0.2, -0.15) is 0 Å². The lowest BCUT2D eigenvalue weighted by molar-refractivity contribution is 0.123. The van der Waals surface area contributed by atoms with E-state index >= 15 is 0 Å². The second-order valence-corrected chi connectivity index (χ2v) is 5.41. The molecule has 3 atom stereocenters. The van der Waals surface area contributed by atoms with Crippen LogP contribution >= 0.6 is 0 Å². The Balaban J connectivity index is 2.13. The van der Waals surface area contributed by atoms with Crippen molar-refractivity contribution >= 4 is 0 Å². The largest absolute Gasteiger partial charge is 0.330 e. The molecule has 0 heterocycles. The molecule has 0 bridgehead atoms. The highest BCUT2D eigenvalue weighted by molar-refractivity contribution is 5.18. The molecule has 2 rings (SSSR count). The first-order valence-corrected chi connectivity index (χ1v) is 7.28. The minimum absolute atomic E-state index is 0.494. The van der Waals surface area contributed by atoms with Crippen molar-refractivity contribution in [2.75, 3.05) is 13.1 Å². The van der Waals surface area contributed by atoms with E-state index in [0.717, 1.165) is 13.1 Å². The predicted molar refractivity (Wildman–Crippen MR) is 77.4 cm³/mol. The van der Waals surface area contributed by atoms with Gasteiger partial charge in [0.05, 0.1) is 0 Å². The first-order valence-electron chi connectivity index (χ1n) is 7.28. The van der Waals surface area contributed by atoms with E-state index in [0.29, 0.717) is 18.0 Å². The van der Waals surface area contributed by atoms with Crippen molar-refractivity contribution in [2.24, 2.45) is 11.7 Å². The van der Waals surface area contributed by atoms with Crippen molar-refractivity contribution < 1.29 is 0 Å². The third kappa shape index (κ3) is 2.76. The second kappa shape index (κ2) is 6.35. The van der Waals surface area contributed by atoms with Gasteiger partial charge in [0.15, 0.2) is 0 Å². The van der Waals surface area contributed by atoms with Crippen LogP contribution in [0.3, 0.4) is 0 Å². The Morgan fingerprint density at radius 3 is 2.61 bits per heavy atom. The number of hydrogen-bond donors (Lipinski definition) is 1. The monoisotopic (exact) mass is 246 g/mol. The number of hydrogen-bond acceptors (Lipinski definition) is 2. The molecule has 1 aromatic carbocycles. The van der Waals surface area contributed by atoms with Crippen molar-refractivity contribution in [3.8, 4) is 0 Å². The molecule has 0 spiro atoms. The van der Waals surface area contributed by atoms with E-state index in [9.17, 15) is 0 Å². The van der Waals surface area contributed by atoms with Crippen LogP contribution in [0.4, 0.5) is 0 Å². The lowest BCUT2D eigenvalue weighted by Gasteiger charge is -2.37. The Morgan fingerprint density at radius 1 is 1.28 bits per heavy atom. The lowest BCUT2D eigenvalue weighted by Crippen LogP contribution is -2.41. The van der Waals surface area contributed by atoms with Gasteiger partial charge in [-0.15, -0.1) is 0 Å². The Hall–Kier alpha value is -0.860. The van der Waals surface area contributed by atoms with Gasteiger partial charge in [-0.05, 0) is 44.3 Å². The van der Waals surface area contributed by atoms with Gasteiger partial charge < -0.3 is 5.73 Å². The topological polar surface area (TPSA) is 29.3 Å². The SMILES string of the molecule is CCN(C(C)c1ccccc1)C1CCCC1CN. The van der Waals surface area contributed by atoms with Crippen LogP contribution in [0.15, 0.2) is 30.3 Å². The lowest BCUT2D eigenvalue weighted by atomic mass is 9.98. The summed E-state index contributed by atoms with van der Waals surface area (Å²) in [5, 5.41) is 0. The van der Waals surface area contributed by atoms with Gasteiger partial charge in [0.2, 0.25) is 0 Å². The average molecular weight is 246 g/mol. The van der Waals surface area contributed by atoms with Gasteiger partial charge in [-0.3, -0.25) is 4.90 Å². The fourth-order valence-corrected chi connectivity index (χ4v) is 3.45. The maximum absolute atomic E-state index is 5.93. The summed E-state index contributed by atoms with van der Waals surface area (Å²) in [6, 6.07) is 12.0. The van der Waals surface area contributed by atoms with Crippen LogP contribution in [-0.2, 0) is 0 Å². The molecule has 2 N–H and O–H groups in total. The number of benzene rings is 1. The summed E-state index contributed by atoms with van der Waals surface area (Å²) in [6.07, 6.45) is 3.95. The van der Waals surface area contributed by atoms with E-state index in [4.69, 9.17) is 5.73 Å². The van der Waals surface area contributed by atoms with Crippen LogP contribution in [0.2, 0.25) is 0 Å². The van der Waals surface area contributed by atoms with Gasteiger partial charge in [-0.1, -0.05) is 43.7 Å².